The summed E-state index contributed by atoms with van der Waals surface area (Å²) < 4.78 is 0. The molecule has 7 heteroatoms. The van der Waals surface area contributed by atoms with Crippen LogP contribution in [0.3, 0.4) is 0 Å². The predicted molar refractivity (Wildman–Crippen MR) is 133 cm³/mol. The summed E-state index contributed by atoms with van der Waals surface area (Å²) in [5, 5.41) is 10.7. The van der Waals surface area contributed by atoms with Gasteiger partial charge in [-0.1, -0.05) is 35.9 Å². The Kier molecular flexibility index (Phi) is 8.91. The Morgan fingerprint density at radius 2 is 1.84 bits per heavy atom. The van der Waals surface area contributed by atoms with E-state index in [1.54, 1.807) is 6.20 Å². The van der Waals surface area contributed by atoms with E-state index < -0.39 is 0 Å². The van der Waals surface area contributed by atoms with Gasteiger partial charge in [-0.05, 0) is 73.0 Å². The van der Waals surface area contributed by atoms with Crippen molar-refractivity contribution in [3.05, 3.63) is 93.8 Å². The van der Waals surface area contributed by atoms with Gasteiger partial charge in [0.1, 0.15) is 0 Å². The van der Waals surface area contributed by atoms with Gasteiger partial charge in [0.15, 0.2) is 0 Å². The monoisotopic (exact) mass is 470 g/mol. The third-order valence-corrected chi connectivity index (χ3v) is 5.88. The largest absolute Gasteiger partial charge is 0.380 e. The first-order valence-electron chi connectivity index (χ1n) is 10.7. The smallest absolute Gasteiger partial charge is 0.251 e. The van der Waals surface area contributed by atoms with Gasteiger partial charge in [0.05, 0.1) is 10.7 Å². The summed E-state index contributed by atoms with van der Waals surface area (Å²) in [6, 6.07) is 17.6. The first-order valence-corrected chi connectivity index (χ1v) is 11.1. The lowest BCUT2D eigenvalue weighted by Gasteiger charge is -2.16. The van der Waals surface area contributed by atoms with E-state index in [0.29, 0.717) is 25.1 Å². The zero-order chi connectivity index (χ0) is 21.5. The van der Waals surface area contributed by atoms with Gasteiger partial charge in [-0.3, -0.25) is 9.78 Å². The van der Waals surface area contributed by atoms with Crippen molar-refractivity contribution in [1.82, 2.24) is 15.6 Å². The van der Waals surface area contributed by atoms with Gasteiger partial charge < -0.3 is 16.0 Å². The minimum atomic E-state index is -0.0700. The number of benzene rings is 2. The van der Waals surface area contributed by atoms with Crippen LogP contribution in [0.5, 0.6) is 0 Å². The quantitative estimate of drug-likeness (QED) is 0.477. The average Bonchev–Trinajstić information content (AvgIpc) is 3.05. The molecule has 1 amide bonds. The lowest BCUT2D eigenvalue weighted by molar-refractivity contribution is 0.0954. The van der Waals surface area contributed by atoms with Crippen molar-refractivity contribution in [2.75, 3.05) is 25.0 Å². The van der Waals surface area contributed by atoms with Crippen LogP contribution in [0.2, 0.25) is 5.02 Å². The molecule has 3 aromatic rings. The Labute approximate surface area is 200 Å². The Hall–Kier alpha value is -2.60. The fraction of sp³-hybridized carbons (Fsp3) is 0.280. The van der Waals surface area contributed by atoms with Crippen molar-refractivity contribution in [2.24, 2.45) is 0 Å². The molecule has 0 saturated carbocycles. The lowest BCUT2D eigenvalue weighted by atomic mass is 10.0. The number of carbonyl (C=O) groups excluding carboxylic acids is 1. The first kappa shape index (κ1) is 24.1. The van der Waals surface area contributed by atoms with Crippen LogP contribution < -0.4 is 16.0 Å². The molecule has 0 saturated heterocycles. The molecule has 3 N–H and O–H groups in total. The molecule has 0 radical (unpaired) electrons. The number of nitrogens with zero attached hydrogens (tertiary/aromatic N) is 1. The van der Waals surface area contributed by atoms with Gasteiger partial charge in [-0.25, -0.2) is 0 Å². The fourth-order valence-corrected chi connectivity index (χ4v) is 4.10. The highest BCUT2D eigenvalue weighted by Crippen LogP contribution is 2.31. The van der Waals surface area contributed by atoms with Gasteiger partial charge in [0.2, 0.25) is 0 Å². The SMILES string of the molecule is Cl.O=C(NCCc1ccccn1)c1ccc(CNc2c(Cl)ccc3c2CCNCC3)cc1. The topological polar surface area (TPSA) is 66.0 Å². The molecule has 0 fully saturated rings. The summed E-state index contributed by atoms with van der Waals surface area (Å²) in [6.07, 6.45) is 4.47. The Morgan fingerprint density at radius 3 is 2.62 bits per heavy atom. The van der Waals surface area contributed by atoms with Crippen LogP contribution in [0.15, 0.2) is 60.8 Å². The molecule has 32 heavy (non-hydrogen) atoms. The van der Waals surface area contributed by atoms with E-state index in [0.717, 1.165) is 47.9 Å². The Bertz CT molecular complexity index is 1030. The maximum absolute atomic E-state index is 12.4. The summed E-state index contributed by atoms with van der Waals surface area (Å²) in [5.74, 6) is -0.0700. The van der Waals surface area contributed by atoms with E-state index in [9.17, 15) is 4.79 Å². The van der Waals surface area contributed by atoms with Gasteiger partial charge >= 0.3 is 0 Å². The van der Waals surface area contributed by atoms with Crippen LogP contribution in [-0.4, -0.2) is 30.5 Å². The van der Waals surface area contributed by atoms with E-state index in [2.05, 4.69) is 27.0 Å². The molecule has 1 aromatic heterocycles. The molecule has 1 aliphatic rings. The summed E-state index contributed by atoms with van der Waals surface area (Å²) in [7, 11) is 0. The third-order valence-electron chi connectivity index (χ3n) is 5.56. The van der Waals surface area contributed by atoms with Crippen molar-refractivity contribution in [3.63, 3.8) is 0 Å². The summed E-state index contributed by atoms with van der Waals surface area (Å²) in [6.45, 7) is 3.18. The van der Waals surface area contributed by atoms with Crippen molar-refractivity contribution in [1.29, 1.82) is 0 Å². The molecule has 2 heterocycles. The maximum atomic E-state index is 12.4. The van der Waals surface area contributed by atoms with E-state index >= 15 is 0 Å². The highest BCUT2D eigenvalue weighted by Gasteiger charge is 2.14. The normalized spacial score (nSPS) is 12.8. The van der Waals surface area contributed by atoms with Crippen LogP contribution >= 0.6 is 24.0 Å². The number of amides is 1. The molecule has 5 nitrogen and oxygen atoms in total. The number of pyridine rings is 1. The molecule has 0 atom stereocenters. The average molecular weight is 471 g/mol. The molecule has 0 bridgehead atoms. The fourth-order valence-electron chi connectivity index (χ4n) is 3.85. The van der Waals surface area contributed by atoms with Crippen molar-refractivity contribution >= 4 is 35.6 Å². The number of carbonyl (C=O) groups is 1. The number of fused-ring (bicyclic) bond motifs is 1. The first-order chi connectivity index (χ1) is 15.2. The number of hydrogen-bond donors (Lipinski definition) is 3. The third kappa shape index (κ3) is 6.22. The molecule has 0 unspecified atom stereocenters. The lowest BCUT2D eigenvalue weighted by Crippen LogP contribution is -2.25. The molecular formula is C25H28Cl2N4O. The van der Waals surface area contributed by atoms with Crippen LogP contribution in [0, 0.1) is 0 Å². The van der Waals surface area contributed by atoms with Crippen LogP contribution in [0.25, 0.3) is 0 Å². The number of hydrogen-bond acceptors (Lipinski definition) is 4. The highest BCUT2D eigenvalue weighted by atomic mass is 35.5. The van der Waals surface area contributed by atoms with Gasteiger partial charge in [0, 0.05) is 37.0 Å². The standard InChI is InChI=1S/C25H27ClN4O.ClH/c26-23-9-8-19-10-14-27-15-12-22(19)24(23)30-17-18-4-6-20(7-5-18)25(31)29-16-11-21-3-1-2-13-28-21;/h1-9,13,27,30H,10-12,14-17H2,(H,29,31);1H. The molecule has 1 aliphatic heterocycles. The number of halogens is 2. The van der Waals surface area contributed by atoms with E-state index in [1.165, 1.54) is 11.1 Å². The molecule has 0 aliphatic carbocycles. The molecule has 168 valence electrons. The summed E-state index contributed by atoms with van der Waals surface area (Å²) in [5.41, 5.74) is 6.42. The summed E-state index contributed by atoms with van der Waals surface area (Å²) in [4.78, 5) is 16.7. The van der Waals surface area contributed by atoms with E-state index in [4.69, 9.17) is 11.6 Å². The maximum Gasteiger partial charge on any atom is 0.251 e. The molecule has 0 spiro atoms. The van der Waals surface area contributed by atoms with Gasteiger partial charge in [0.25, 0.3) is 5.91 Å². The van der Waals surface area contributed by atoms with Crippen LogP contribution in [-0.2, 0) is 25.8 Å². The number of aromatic nitrogens is 1. The van der Waals surface area contributed by atoms with Crippen molar-refractivity contribution in [3.8, 4) is 0 Å². The zero-order valence-electron chi connectivity index (χ0n) is 17.9. The Morgan fingerprint density at radius 1 is 1.03 bits per heavy atom. The number of nitrogens with one attached hydrogen (secondary N) is 3. The highest BCUT2D eigenvalue weighted by molar-refractivity contribution is 6.33. The zero-order valence-corrected chi connectivity index (χ0v) is 19.4. The minimum Gasteiger partial charge on any atom is -0.380 e. The predicted octanol–water partition coefficient (Wildman–Crippen LogP) is 4.43. The number of anilines is 1. The second-order valence-corrected chi connectivity index (χ2v) is 8.09. The Balaban J connectivity index is 0.00000289. The molecule has 4 rings (SSSR count). The van der Waals surface area contributed by atoms with Gasteiger partial charge in [-0.2, -0.15) is 0 Å². The van der Waals surface area contributed by atoms with Crippen molar-refractivity contribution < 1.29 is 4.79 Å². The van der Waals surface area contributed by atoms with Crippen LogP contribution in [0.4, 0.5) is 5.69 Å². The van der Waals surface area contributed by atoms with Crippen molar-refractivity contribution in [2.45, 2.75) is 25.8 Å². The second-order valence-electron chi connectivity index (χ2n) is 7.69. The van der Waals surface area contributed by atoms with Crippen LogP contribution in [0.1, 0.15) is 32.7 Å². The minimum absolute atomic E-state index is 0. The van der Waals surface area contributed by atoms with E-state index in [-0.39, 0.29) is 18.3 Å². The van der Waals surface area contributed by atoms with Gasteiger partial charge in [-0.15, -0.1) is 12.4 Å². The number of rotatable bonds is 7. The van der Waals surface area contributed by atoms with E-state index in [1.807, 2.05) is 48.5 Å². The second kappa shape index (κ2) is 11.9. The molecular weight excluding hydrogens is 443 g/mol. The molecule has 2 aromatic carbocycles. The summed E-state index contributed by atoms with van der Waals surface area (Å²) >= 11 is 6.50.